The third kappa shape index (κ3) is 2.94. The largest absolute Gasteiger partial charge is 0.379 e. The second-order valence-electron chi connectivity index (χ2n) is 3.92. The predicted octanol–water partition coefficient (Wildman–Crippen LogP) is -0.652. The highest BCUT2D eigenvalue weighted by Gasteiger charge is 2.27. The zero-order chi connectivity index (χ0) is 10.6. The van der Waals surface area contributed by atoms with Crippen LogP contribution in [0.15, 0.2) is 0 Å². The first-order chi connectivity index (χ1) is 6.56. The standard InChI is InChI=1S/C9H19N3O2/c1-9(2,10-3)8(13)11-12-4-6-14-7-5-12/h10H,4-7H2,1-3H3,(H,11,13). The number of likely N-dealkylation sites (N-methyl/N-ethyl adjacent to an activating group) is 1. The molecule has 0 aromatic rings. The summed E-state index contributed by atoms with van der Waals surface area (Å²) in [6, 6.07) is 0. The molecule has 0 aliphatic carbocycles. The minimum absolute atomic E-state index is 0.0121. The summed E-state index contributed by atoms with van der Waals surface area (Å²) >= 11 is 0. The Morgan fingerprint density at radius 3 is 2.43 bits per heavy atom. The second kappa shape index (κ2) is 4.72. The van der Waals surface area contributed by atoms with Crippen molar-refractivity contribution in [2.45, 2.75) is 19.4 Å². The molecule has 2 N–H and O–H groups in total. The van der Waals surface area contributed by atoms with Gasteiger partial charge >= 0.3 is 0 Å². The monoisotopic (exact) mass is 201 g/mol. The Hall–Kier alpha value is -0.650. The lowest BCUT2D eigenvalue weighted by molar-refractivity contribution is -0.133. The lowest BCUT2D eigenvalue weighted by Crippen LogP contribution is -2.58. The molecule has 0 radical (unpaired) electrons. The van der Waals surface area contributed by atoms with E-state index in [4.69, 9.17) is 4.74 Å². The van der Waals surface area contributed by atoms with E-state index in [1.54, 1.807) is 7.05 Å². The Kier molecular flexibility index (Phi) is 3.86. The Labute approximate surface area is 84.8 Å². The summed E-state index contributed by atoms with van der Waals surface area (Å²) in [6.07, 6.45) is 0. The minimum Gasteiger partial charge on any atom is -0.379 e. The highest BCUT2D eigenvalue weighted by atomic mass is 16.5. The molecule has 1 saturated heterocycles. The van der Waals surface area contributed by atoms with E-state index in [2.05, 4.69) is 10.7 Å². The van der Waals surface area contributed by atoms with Crippen molar-refractivity contribution in [2.24, 2.45) is 0 Å². The van der Waals surface area contributed by atoms with E-state index in [9.17, 15) is 4.79 Å². The molecular formula is C9H19N3O2. The van der Waals surface area contributed by atoms with E-state index in [0.29, 0.717) is 13.2 Å². The number of amides is 1. The van der Waals surface area contributed by atoms with Gasteiger partial charge in [-0.25, -0.2) is 5.01 Å². The van der Waals surface area contributed by atoms with Crippen molar-refractivity contribution in [2.75, 3.05) is 33.4 Å². The maximum Gasteiger partial charge on any atom is 0.253 e. The average Bonchev–Trinajstić information content (AvgIpc) is 2.19. The van der Waals surface area contributed by atoms with Crippen LogP contribution in [0.25, 0.3) is 0 Å². The second-order valence-corrected chi connectivity index (χ2v) is 3.92. The van der Waals surface area contributed by atoms with Gasteiger partial charge < -0.3 is 10.1 Å². The van der Waals surface area contributed by atoms with E-state index in [-0.39, 0.29) is 5.91 Å². The molecule has 0 bridgehead atoms. The van der Waals surface area contributed by atoms with Gasteiger partial charge in [-0.2, -0.15) is 0 Å². The van der Waals surface area contributed by atoms with Crippen LogP contribution in [0.2, 0.25) is 0 Å². The Morgan fingerprint density at radius 2 is 1.93 bits per heavy atom. The molecule has 1 amide bonds. The molecule has 1 aliphatic rings. The van der Waals surface area contributed by atoms with Gasteiger partial charge in [0.1, 0.15) is 0 Å². The van der Waals surface area contributed by atoms with Crippen molar-refractivity contribution in [3.05, 3.63) is 0 Å². The summed E-state index contributed by atoms with van der Waals surface area (Å²) in [5.41, 5.74) is 2.33. The number of morpholine rings is 1. The number of hydrazine groups is 1. The van der Waals surface area contributed by atoms with E-state index in [1.165, 1.54) is 0 Å². The highest BCUT2D eigenvalue weighted by molar-refractivity contribution is 5.84. The smallest absolute Gasteiger partial charge is 0.253 e. The van der Waals surface area contributed by atoms with Crippen LogP contribution in [-0.4, -0.2) is 49.8 Å². The lowest BCUT2D eigenvalue weighted by atomic mass is 10.1. The van der Waals surface area contributed by atoms with Gasteiger partial charge in [-0.15, -0.1) is 0 Å². The number of rotatable bonds is 3. The molecule has 1 heterocycles. The van der Waals surface area contributed by atoms with Crippen LogP contribution < -0.4 is 10.7 Å². The minimum atomic E-state index is -0.529. The van der Waals surface area contributed by atoms with Crippen LogP contribution in [0.5, 0.6) is 0 Å². The molecule has 0 atom stereocenters. The molecule has 0 aromatic carbocycles. The Morgan fingerprint density at radius 1 is 1.36 bits per heavy atom. The first-order valence-electron chi connectivity index (χ1n) is 4.89. The molecule has 5 nitrogen and oxygen atoms in total. The van der Waals surface area contributed by atoms with E-state index >= 15 is 0 Å². The topological polar surface area (TPSA) is 53.6 Å². The molecule has 0 aromatic heterocycles. The van der Waals surface area contributed by atoms with Gasteiger partial charge in [0, 0.05) is 13.1 Å². The van der Waals surface area contributed by atoms with Gasteiger partial charge in [-0.05, 0) is 20.9 Å². The molecule has 1 fully saturated rings. The van der Waals surface area contributed by atoms with E-state index < -0.39 is 5.54 Å². The highest BCUT2D eigenvalue weighted by Crippen LogP contribution is 2.02. The van der Waals surface area contributed by atoms with Crippen molar-refractivity contribution < 1.29 is 9.53 Å². The predicted molar refractivity (Wildman–Crippen MR) is 53.7 cm³/mol. The SMILES string of the molecule is CNC(C)(C)C(=O)NN1CCOCC1. The molecule has 82 valence electrons. The number of ether oxygens (including phenoxy) is 1. The fraction of sp³-hybridized carbons (Fsp3) is 0.889. The van der Waals surface area contributed by atoms with Gasteiger partial charge in [-0.3, -0.25) is 10.2 Å². The molecule has 0 unspecified atom stereocenters. The lowest BCUT2D eigenvalue weighted by Gasteiger charge is -2.31. The van der Waals surface area contributed by atoms with Crippen LogP contribution in [0.3, 0.4) is 0 Å². The first-order valence-corrected chi connectivity index (χ1v) is 4.89. The molecular weight excluding hydrogens is 182 g/mol. The number of hydrogen-bond acceptors (Lipinski definition) is 4. The Bertz CT molecular complexity index is 200. The summed E-state index contributed by atoms with van der Waals surface area (Å²) in [4.78, 5) is 11.7. The molecule has 0 spiro atoms. The van der Waals surface area contributed by atoms with Gasteiger partial charge in [0.05, 0.1) is 18.8 Å². The molecule has 1 rings (SSSR count). The molecule has 1 aliphatic heterocycles. The molecule has 14 heavy (non-hydrogen) atoms. The van der Waals surface area contributed by atoms with Gasteiger partial charge in [-0.1, -0.05) is 0 Å². The van der Waals surface area contributed by atoms with Gasteiger partial charge in [0.15, 0.2) is 0 Å². The molecule has 5 heteroatoms. The Balaban J connectivity index is 2.39. The molecule has 0 saturated carbocycles. The summed E-state index contributed by atoms with van der Waals surface area (Å²) in [6.45, 7) is 6.57. The van der Waals surface area contributed by atoms with Crippen molar-refractivity contribution >= 4 is 5.91 Å². The summed E-state index contributed by atoms with van der Waals surface area (Å²) < 4.78 is 5.18. The zero-order valence-corrected chi connectivity index (χ0v) is 9.09. The summed E-state index contributed by atoms with van der Waals surface area (Å²) in [5, 5.41) is 4.85. The third-order valence-electron chi connectivity index (χ3n) is 2.46. The number of nitrogens with zero attached hydrogens (tertiary/aromatic N) is 1. The van der Waals surface area contributed by atoms with Crippen molar-refractivity contribution in [1.82, 2.24) is 15.8 Å². The van der Waals surface area contributed by atoms with E-state index in [1.807, 2.05) is 18.9 Å². The number of nitrogens with one attached hydrogen (secondary N) is 2. The van der Waals surface area contributed by atoms with Crippen molar-refractivity contribution in [3.63, 3.8) is 0 Å². The summed E-state index contributed by atoms with van der Waals surface area (Å²) in [7, 11) is 1.78. The average molecular weight is 201 g/mol. The summed E-state index contributed by atoms with van der Waals surface area (Å²) in [5.74, 6) is -0.0121. The first kappa shape index (κ1) is 11.4. The van der Waals surface area contributed by atoms with Crippen LogP contribution in [0.4, 0.5) is 0 Å². The van der Waals surface area contributed by atoms with Gasteiger partial charge in [0.25, 0.3) is 5.91 Å². The van der Waals surface area contributed by atoms with Crippen LogP contribution >= 0.6 is 0 Å². The zero-order valence-electron chi connectivity index (χ0n) is 9.09. The maximum absolute atomic E-state index is 11.7. The normalized spacial score (nSPS) is 19.4. The van der Waals surface area contributed by atoms with Crippen molar-refractivity contribution in [1.29, 1.82) is 0 Å². The van der Waals surface area contributed by atoms with Crippen molar-refractivity contribution in [3.8, 4) is 0 Å². The number of carbonyl (C=O) groups excluding carboxylic acids is 1. The third-order valence-corrected chi connectivity index (χ3v) is 2.46. The fourth-order valence-corrected chi connectivity index (χ4v) is 1.07. The van der Waals surface area contributed by atoms with E-state index in [0.717, 1.165) is 13.1 Å². The number of hydrogen-bond donors (Lipinski definition) is 2. The van der Waals surface area contributed by atoms with Crippen LogP contribution in [-0.2, 0) is 9.53 Å². The quantitative estimate of drug-likeness (QED) is 0.637. The fourth-order valence-electron chi connectivity index (χ4n) is 1.07. The maximum atomic E-state index is 11.7. The number of carbonyl (C=O) groups is 1. The van der Waals surface area contributed by atoms with Crippen LogP contribution in [0, 0.1) is 0 Å². The van der Waals surface area contributed by atoms with Gasteiger partial charge in [0.2, 0.25) is 0 Å². The van der Waals surface area contributed by atoms with Crippen LogP contribution in [0.1, 0.15) is 13.8 Å².